The molecule has 0 aliphatic carbocycles. The van der Waals surface area contributed by atoms with Gasteiger partial charge in [0.15, 0.2) is 0 Å². The number of nitrogens with zero attached hydrogens (tertiary/aromatic N) is 5. The van der Waals surface area contributed by atoms with Gasteiger partial charge in [0.05, 0.1) is 4.88 Å². The van der Waals surface area contributed by atoms with Gasteiger partial charge in [0.25, 0.3) is 5.91 Å². The number of hydrogen-bond acceptors (Lipinski definition) is 5. The lowest BCUT2D eigenvalue weighted by Gasteiger charge is -2.34. The van der Waals surface area contributed by atoms with E-state index in [0.717, 1.165) is 41.3 Å². The lowest BCUT2D eigenvalue weighted by Crippen LogP contribution is -2.51. The van der Waals surface area contributed by atoms with E-state index in [1.54, 1.807) is 14.4 Å². The lowest BCUT2D eigenvalue weighted by atomic mass is 10.2. The standard InChI is InChI=1S/C19H25N5O3S/c1-14-6-7-15(28-14)18(26)22-11-9-21(10-12-22)17(25)13-24-19(27)23-8-4-2-3-5-16(23)20-24/h6-7H,2-5,8-13H2,1H3. The van der Waals surface area contributed by atoms with E-state index in [0.29, 0.717) is 32.7 Å². The van der Waals surface area contributed by atoms with E-state index in [2.05, 4.69) is 5.10 Å². The zero-order valence-corrected chi connectivity index (χ0v) is 16.9. The average Bonchev–Trinajstić information content (AvgIpc) is 3.16. The zero-order chi connectivity index (χ0) is 19.7. The summed E-state index contributed by atoms with van der Waals surface area (Å²) < 4.78 is 3.01. The monoisotopic (exact) mass is 403 g/mol. The Morgan fingerprint density at radius 1 is 1.04 bits per heavy atom. The van der Waals surface area contributed by atoms with Crippen molar-refractivity contribution in [1.82, 2.24) is 24.1 Å². The summed E-state index contributed by atoms with van der Waals surface area (Å²) in [6, 6.07) is 3.80. The second-order valence-corrected chi connectivity index (χ2v) is 8.69. The van der Waals surface area contributed by atoms with Gasteiger partial charge in [0.2, 0.25) is 5.91 Å². The van der Waals surface area contributed by atoms with Crippen molar-refractivity contribution in [2.45, 2.75) is 45.7 Å². The molecule has 2 aliphatic heterocycles. The summed E-state index contributed by atoms with van der Waals surface area (Å²) in [6.45, 7) is 4.62. The van der Waals surface area contributed by atoms with E-state index in [9.17, 15) is 14.4 Å². The molecule has 0 atom stereocenters. The topological polar surface area (TPSA) is 80.4 Å². The Labute approximate surface area is 167 Å². The van der Waals surface area contributed by atoms with Gasteiger partial charge in [-0.2, -0.15) is 5.10 Å². The van der Waals surface area contributed by atoms with Crippen LogP contribution in [0.15, 0.2) is 16.9 Å². The van der Waals surface area contributed by atoms with E-state index in [1.807, 2.05) is 19.1 Å². The molecule has 2 aromatic heterocycles. The third-order valence-corrected chi connectivity index (χ3v) is 6.43. The highest BCUT2D eigenvalue weighted by molar-refractivity contribution is 7.13. The maximum atomic E-state index is 12.7. The van der Waals surface area contributed by atoms with Crippen LogP contribution in [0.25, 0.3) is 0 Å². The number of carbonyl (C=O) groups is 2. The summed E-state index contributed by atoms with van der Waals surface area (Å²) in [5.74, 6) is 0.700. The maximum Gasteiger partial charge on any atom is 0.346 e. The van der Waals surface area contributed by atoms with Gasteiger partial charge in [0.1, 0.15) is 12.4 Å². The number of rotatable bonds is 3. The van der Waals surface area contributed by atoms with Crippen molar-refractivity contribution < 1.29 is 9.59 Å². The summed E-state index contributed by atoms with van der Waals surface area (Å²) >= 11 is 1.49. The van der Waals surface area contributed by atoms with Crippen LogP contribution < -0.4 is 5.69 Å². The summed E-state index contributed by atoms with van der Waals surface area (Å²) in [6.07, 6.45) is 3.91. The number of fused-ring (bicyclic) bond motifs is 1. The van der Waals surface area contributed by atoms with Crippen molar-refractivity contribution >= 4 is 23.2 Å². The fourth-order valence-corrected chi connectivity index (χ4v) is 4.66. The molecule has 2 aliphatic rings. The summed E-state index contributed by atoms with van der Waals surface area (Å²) in [4.78, 5) is 43.1. The molecule has 4 heterocycles. The number of aryl methyl sites for hydroxylation is 2. The average molecular weight is 404 g/mol. The molecule has 1 saturated heterocycles. The van der Waals surface area contributed by atoms with Crippen molar-refractivity contribution in [3.8, 4) is 0 Å². The van der Waals surface area contributed by atoms with E-state index in [4.69, 9.17) is 0 Å². The Balaban J connectivity index is 1.36. The first kappa shape index (κ1) is 18.9. The molecule has 2 amide bonds. The first-order chi connectivity index (χ1) is 13.5. The third kappa shape index (κ3) is 3.76. The van der Waals surface area contributed by atoms with Gasteiger partial charge in [-0.15, -0.1) is 11.3 Å². The molecule has 4 rings (SSSR count). The van der Waals surface area contributed by atoms with Crippen LogP contribution in [0.3, 0.4) is 0 Å². The Bertz CT molecular complexity index is 936. The normalized spacial score (nSPS) is 17.3. The van der Waals surface area contributed by atoms with Gasteiger partial charge in [-0.1, -0.05) is 6.42 Å². The molecule has 8 nitrogen and oxygen atoms in total. The molecule has 0 N–H and O–H groups in total. The van der Waals surface area contributed by atoms with Crippen molar-refractivity contribution in [1.29, 1.82) is 0 Å². The number of thiophene rings is 1. The predicted octanol–water partition coefficient (Wildman–Crippen LogP) is 1.13. The molecule has 2 aromatic rings. The molecule has 0 spiro atoms. The van der Waals surface area contributed by atoms with Gasteiger partial charge in [-0.05, 0) is 31.9 Å². The minimum absolute atomic E-state index is 0.0271. The highest BCUT2D eigenvalue weighted by atomic mass is 32.1. The van der Waals surface area contributed by atoms with E-state index in [1.165, 1.54) is 16.0 Å². The van der Waals surface area contributed by atoms with Crippen molar-refractivity contribution in [2.75, 3.05) is 26.2 Å². The van der Waals surface area contributed by atoms with Crippen molar-refractivity contribution in [3.05, 3.63) is 38.2 Å². The number of carbonyl (C=O) groups excluding carboxylic acids is 2. The quantitative estimate of drug-likeness (QED) is 0.769. The minimum Gasteiger partial charge on any atom is -0.338 e. The van der Waals surface area contributed by atoms with Crippen molar-refractivity contribution in [3.63, 3.8) is 0 Å². The fraction of sp³-hybridized carbons (Fsp3) is 0.579. The molecular weight excluding hydrogens is 378 g/mol. The molecular formula is C19H25N5O3S. The summed E-state index contributed by atoms with van der Waals surface area (Å²) in [5.41, 5.74) is -0.188. The van der Waals surface area contributed by atoms with Crippen LogP contribution in [0, 0.1) is 6.92 Å². The molecule has 0 unspecified atom stereocenters. The van der Waals surface area contributed by atoms with Crippen molar-refractivity contribution in [2.24, 2.45) is 0 Å². The first-order valence-corrected chi connectivity index (χ1v) is 10.6. The van der Waals surface area contributed by atoms with Crippen LogP contribution in [0.1, 0.15) is 39.6 Å². The first-order valence-electron chi connectivity index (χ1n) is 9.83. The molecule has 0 aromatic carbocycles. The molecule has 9 heteroatoms. The third-order valence-electron chi connectivity index (χ3n) is 5.44. The Morgan fingerprint density at radius 3 is 2.50 bits per heavy atom. The van der Waals surface area contributed by atoms with Crippen LogP contribution in [-0.4, -0.2) is 62.1 Å². The SMILES string of the molecule is Cc1ccc(C(=O)N2CCN(C(=O)Cn3nc4n(c3=O)CCCCC4)CC2)s1. The summed E-state index contributed by atoms with van der Waals surface area (Å²) in [7, 11) is 0. The van der Waals surface area contributed by atoms with E-state index < -0.39 is 0 Å². The lowest BCUT2D eigenvalue weighted by molar-refractivity contribution is -0.133. The van der Waals surface area contributed by atoms with Crippen LogP contribution in [0.5, 0.6) is 0 Å². The van der Waals surface area contributed by atoms with E-state index >= 15 is 0 Å². The van der Waals surface area contributed by atoms with Gasteiger partial charge in [0, 0.05) is 44.0 Å². The number of aromatic nitrogens is 3. The molecule has 28 heavy (non-hydrogen) atoms. The largest absolute Gasteiger partial charge is 0.346 e. The van der Waals surface area contributed by atoms with Crippen LogP contribution in [0.2, 0.25) is 0 Å². The smallest absolute Gasteiger partial charge is 0.338 e. The molecule has 0 radical (unpaired) electrons. The van der Waals surface area contributed by atoms with Crippen LogP contribution in [0.4, 0.5) is 0 Å². The molecule has 0 bridgehead atoms. The number of piperazine rings is 1. The molecule has 1 fully saturated rings. The predicted molar refractivity (Wildman–Crippen MR) is 106 cm³/mol. The number of amides is 2. The Kier molecular flexibility index (Phi) is 5.34. The molecule has 0 saturated carbocycles. The highest BCUT2D eigenvalue weighted by Gasteiger charge is 2.26. The van der Waals surface area contributed by atoms with Crippen LogP contribution >= 0.6 is 11.3 Å². The maximum absolute atomic E-state index is 12.7. The number of hydrogen-bond donors (Lipinski definition) is 0. The summed E-state index contributed by atoms with van der Waals surface area (Å²) in [5, 5.41) is 4.39. The minimum atomic E-state index is -0.188. The highest BCUT2D eigenvalue weighted by Crippen LogP contribution is 2.18. The second-order valence-electron chi connectivity index (χ2n) is 7.40. The molecule has 150 valence electrons. The van der Waals surface area contributed by atoms with Gasteiger partial charge < -0.3 is 9.80 Å². The van der Waals surface area contributed by atoms with E-state index in [-0.39, 0.29) is 24.0 Å². The fourth-order valence-electron chi connectivity index (χ4n) is 3.82. The zero-order valence-electron chi connectivity index (χ0n) is 16.1. The Hall–Kier alpha value is -2.42. The Morgan fingerprint density at radius 2 is 1.79 bits per heavy atom. The second kappa shape index (κ2) is 7.90. The van der Waals surface area contributed by atoms with Gasteiger partial charge >= 0.3 is 5.69 Å². The van der Waals surface area contributed by atoms with Gasteiger partial charge in [-0.25, -0.2) is 9.48 Å². The van der Waals surface area contributed by atoms with Gasteiger partial charge in [-0.3, -0.25) is 14.2 Å². The van der Waals surface area contributed by atoms with Crippen LogP contribution in [-0.2, 0) is 24.3 Å².